The molecule has 2 heterocycles. The molecule has 2 aromatic rings. The summed E-state index contributed by atoms with van der Waals surface area (Å²) in [5.74, 6) is 5.95. The van der Waals surface area contributed by atoms with Crippen LogP contribution in [0.5, 0.6) is 0 Å². The third-order valence-corrected chi connectivity index (χ3v) is 3.23. The second kappa shape index (κ2) is 4.74. The normalized spacial score (nSPS) is 13.6. The molecule has 0 saturated heterocycles. The Bertz CT molecular complexity index is 686. The van der Waals surface area contributed by atoms with Crippen molar-refractivity contribution in [2.75, 3.05) is 0 Å². The van der Waals surface area contributed by atoms with Crippen molar-refractivity contribution >= 4 is 5.78 Å². The van der Waals surface area contributed by atoms with Crippen molar-refractivity contribution < 1.29 is 9.18 Å². The van der Waals surface area contributed by atoms with E-state index in [1.807, 2.05) is 16.7 Å². The van der Waals surface area contributed by atoms with Gasteiger partial charge in [-0.1, -0.05) is 5.92 Å². The average molecular weight is 253 g/mol. The minimum absolute atomic E-state index is 0.182. The van der Waals surface area contributed by atoms with Gasteiger partial charge in [-0.25, -0.2) is 4.39 Å². The van der Waals surface area contributed by atoms with Gasteiger partial charge < -0.3 is 4.57 Å². The van der Waals surface area contributed by atoms with Crippen LogP contribution in [0.25, 0.3) is 0 Å². The molecule has 0 saturated carbocycles. The van der Waals surface area contributed by atoms with Gasteiger partial charge in [0.2, 0.25) is 0 Å². The van der Waals surface area contributed by atoms with Crippen molar-refractivity contribution in [3.8, 4) is 11.8 Å². The fraction of sp³-hybridized carbons (Fsp3) is 0.188. The minimum atomic E-state index is -0.267. The summed E-state index contributed by atoms with van der Waals surface area (Å²) < 4.78 is 14.7. The smallest absolute Gasteiger partial charge is 0.179 e. The van der Waals surface area contributed by atoms with Crippen molar-refractivity contribution in [2.24, 2.45) is 0 Å². The van der Waals surface area contributed by atoms with Gasteiger partial charge in [0.15, 0.2) is 5.78 Å². The maximum absolute atomic E-state index is 12.8. The van der Waals surface area contributed by atoms with Crippen LogP contribution in [0.15, 0.2) is 36.4 Å². The zero-order valence-corrected chi connectivity index (χ0v) is 10.3. The van der Waals surface area contributed by atoms with Gasteiger partial charge >= 0.3 is 0 Å². The molecule has 0 unspecified atom stereocenters. The van der Waals surface area contributed by atoms with Gasteiger partial charge in [0.25, 0.3) is 0 Å². The predicted molar refractivity (Wildman–Crippen MR) is 70.4 cm³/mol. The SMILES string of the molecule is O=C1CCCn2c(C#Cc3ccc(F)cc3)ccc21. The molecule has 0 fully saturated rings. The van der Waals surface area contributed by atoms with Crippen molar-refractivity contribution in [2.45, 2.75) is 19.4 Å². The number of halogens is 1. The number of Topliss-reactive ketones (excluding diaryl/α,β-unsaturated/α-hetero) is 1. The van der Waals surface area contributed by atoms with Gasteiger partial charge in [-0.3, -0.25) is 4.79 Å². The molecule has 1 aromatic heterocycles. The van der Waals surface area contributed by atoms with Gasteiger partial charge in [-0.15, -0.1) is 0 Å². The first-order chi connectivity index (χ1) is 9.24. The van der Waals surface area contributed by atoms with Crippen LogP contribution >= 0.6 is 0 Å². The number of benzene rings is 1. The monoisotopic (exact) mass is 253 g/mol. The third-order valence-electron chi connectivity index (χ3n) is 3.23. The Hall–Kier alpha value is -2.34. The lowest BCUT2D eigenvalue weighted by atomic mass is 10.1. The van der Waals surface area contributed by atoms with Crippen LogP contribution in [-0.4, -0.2) is 10.4 Å². The Kier molecular flexibility index (Phi) is 2.92. The zero-order chi connectivity index (χ0) is 13.2. The molecule has 0 aliphatic carbocycles. The molecular weight excluding hydrogens is 241 g/mol. The summed E-state index contributed by atoms with van der Waals surface area (Å²) in [7, 11) is 0. The highest BCUT2D eigenvalue weighted by molar-refractivity contribution is 5.95. The third kappa shape index (κ3) is 2.30. The number of ketones is 1. The van der Waals surface area contributed by atoms with Crippen LogP contribution < -0.4 is 0 Å². The zero-order valence-electron chi connectivity index (χ0n) is 10.3. The number of carbonyl (C=O) groups is 1. The molecule has 0 radical (unpaired) electrons. The highest BCUT2D eigenvalue weighted by Crippen LogP contribution is 2.18. The summed E-state index contributed by atoms with van der Waals surface area (Å²) in [4.78, 5) is 11.7. The molecule has 1 aliphatic heterocycles. The minimum Gasteiger partial charge on any atom is -0.332 e. The fourth-order valence-electron chi connectivity index (χ4n) is 2.26. The summed E-state index contributed by atoms with van der Waals surface area (Å²) in [6, 6.07) is 9.77. The Morgan fingerprint density at radius 3 is 2.63 bits per heavy atom. The lowest BCUT2D eigenvalue weighted by Gasteiger charge is -2.14. The molecule has 0 bridgehead atoms. The number of hydrogen-bond acceptors (Lipinski definition) is 1. The summed E-state index contributed by atoms with van der Waals surface area (Å²) in [5, 5.41) is 0. The lowest BCUT2D eigenvalue weighted by molar-refractivity contribution is 0.0955. The molecule has 0 spiro atoms. The molecule has 3 heteroatoms. The number of fused-ring (bicyclic) bond motifs is 1. The standard InChI is InChI=1S/C16H12FNO/c17-13-6-3-12(4-7-13)5-8-14-9-10-15-16(19)2-1-11-18(14)15/h3-4,6-7,9-10H,1-2,11H2. The molecule has 1 aliphatic rings. The van der Waals surface area contributed by atoms with E-state index < -0.39 is 0 Å². The van der Waals surface area contributed by atoms with Crippen molar-refractivity contribution in [1.82, 2.24) is 4.57 Å². The van der Waals surface area contributed by atoms with Gasteiger partial charge in [0.05, 0.1) is 11.4 Å². The molecule has 0 N–H and O–H groups in total. The van der Waals surface area contributed by atoms with Crippen LogP contribution in [0.3, 0.4) is 0 Å². The quantitative estimate of drug-likeness (QED) is 0.661. The summed E-state index contributed by atoms with van der Waals surface area (Å²) in [6.45, 7) is 0.835. The number of aromatic nitrogens is 1. The first kappa shape index (κ1) is 11.7. The van der Waals surface area contributed by atoms with E-state index in [1.54, 1.807) is 12.1 Å². The van der Waals surface area contributed by atoms with Crippen LogP contribution in [0.1, 0.15) is 34.6 Å². The van der Waals surface area contributed by atoms with Crippen LogP contribution in [0, 0.1) is 17.7 Å². The van der Waals surface area contributed by atoms with Gasteiger partial charge in [0.1, 0.15) is 5.82 Å². The topological polar surface area (TPSA) is 22.0 Å². The lowest BCUT2D eigenvalue weighted by Crippen LogP contribution is -2.17. The maximum atomic E-state index is 12.8. The number of nitrogens with zero attached hydrogens (tertiary/aromatic N) is 1. The number of rotatable bonds is 0. The first-order valence-electron chi connectivity index (χ1n) is 6.24. The van der Waals surface area contributed by atoms with E-state index in [0.29, 0.717) is 6.42 Å². The van der Waals surface area contributed by atoms with Crippen LogP contribution in [-0.2, 0) is 6.54 Å². The maximum Gasteiger partial charge on any atom is 0.179 e. The summed E-state index contributed by atoms with van der Waals surface area (Å²) in [5.41, 5.74) is 2.35. The molecule has 3 rings (SSSR count). The fourth-order valence-corrected chi connectivity index (χ4v) is 2.26. The average Bonchev–Trinajstić information content (AvgIpc) is 2.83. The van der Waals surface area contributed by atoms with E-state index in [4.69, 9.17) is 0 Å². The second-order valence-electron chi connectivity index (χ2n) is 4.54. The Labute approximate surface area is 110 Å². The van der Waals surface area contributed by atoms with E-state index in [9.17, 15) is 9.18 Å². The molecule has 2 nitrogen and oxygen atoms in total. The Balaban J connectivity index is 1.93. The van der Waals surface area contributed by atoms with Crippen molar-refractivity contribution in [1.29, 1.82) is 0 Å². The predicted octanol–water partition coefficient (Wildman–Crippen LogP) is 3.00. The van der Waals surface area contributed by atoms with E-state index in [0.717, 1.165) is 29.9 Å². The highest BCUT2D eigenvalue weighted by Gasteiger charge is 2.18. The second-order valence-corrected chi connectivity index (χ2v) is 4.54. The van der Waals surface area contributed by atoms with E-state index in [-0.39, 0.29) is 11.6 Å². The van der Waals surface area contributed by atoms with Gasteiger partial charge in [-0.05, 0) is 48.7 Å². The van der Waals surface area contributed by atoms with Crippen LogP contribution in [0.2, 0.25) is 0 Å². The largest absolute Gasteiger partial charge is 0.332 e. The first-order valence-corrected chi connectivity index (χ1v) is 6.24. The summed E-state index contributed by atoms with van der Waals surface area (Å²) >= 11 is 0. The Morgan fingerprint density at radius 2 is 1.84 bits per heavy atom. The molecule has 0 atom stereocenters. The van der Waals surface area contributed by atoms with Crippen molar-refractivity contribution in [3.05, 3.63) is 59.2 Å². The van der Waals surface area contributed by atoms with E-state index in [2.05, 4.69) is 11.8 Å². The van der Waals surface area contributed by atoms with Crippen LogP contribution in [0.4, 0.5) is 4.39 Å². The van der Waals surface area contributed by atoms with Gasteiger partial charge in [-0.2, -0.15) is 0 Å². The van der Waals surface area contributed by atoms with Gasteiger partial charge in [0, 0.05) is 18.5 Å². The molecule has 0 amide bonds. The highest BCUT2D eigenvalue weighted by atomic mass is 19.1. The summed E-state index contributed by atoms with van der Waals surface area (Å²) in [6.07, 6.45) is 1.49. The molecule has 19 heavy (non-hydrogen) atoms. The molecule has 94 valence electrons. The molecule has 1 aromatic carbocycles. The van der Waals surface area contributed by atoms with E-state index in [1.165, 1.54) is 12.1 Å². The molecular formula is C16H12FNO. The Morgan fingerprint density at radius 1 is 1.05 bits per heavy atom. The van der Waals surface area contributed by atoms with E-state index >= 15 is 0 Å². The number of carbonyl (C=O) groups excluding carboxylic acids is 1. The number of hydrogen-bond donors (Lipinski definition) is 0. The van der Waals surface area contributed by atoms with Crippen molar-refractivity contribution in [3.63, 3.8) is 0 Å².